The first-order chi connectivity index (χ1) is 6.88. The van der Waals surface area contributed by atoms with Gasteiger partial charge in [0, 0.05) is 0 Å². The first kappa shape index (κ1) is 11.8. The molecule has 0 spiro atoms. The van der Waals surface area contributed by atoms with Crippen molar-refractivity contribution in [1.82, 2.24) is 0 Å². The van der Waals surface area contributed by atoms with E-state index in [2.05, 4.69) is 0 Å². The van der Waals surface area contributed by atoms with E-state index in [4.69, 9.17) is 5.73 Å². The zero-order valence-electron chi connectivity index (χ0n) is 8.17. The average Bonchev–Trinajstić information content (AvgIpc) is 2.15. The maximum absolute atomic E-state index is 12.4. The van der Waals surface area contributed by atoms with Gasteiger partial charge in [-0.25, -0.2) is 0 Å². The lowest BCUT2D eigenvalue weighted by Gasteiger charge is -2.15. The van der Waals surface area contributed by atoms with Gasteiger partial charge in [0.2, 0.25) is 0 Å². The summed E-state index contributed by atoms with van der Waals surface area (Å²) in [5, 5.41) is 9.45. The summed E-state index contributed by atoms with van der Waals surface area (Å²) in [5.41, 5.74) is 4.56. The molecule has 0 bridgehead atoms. The molecule has 84 valence electrons. The van der Waals surface area contributed by atoms with Crippen LogP contribution < -0.4 is 5.73 Å². The third-order valence-electron chi connectivity index (χ3n) is 2.26. The number of phenols is 1. The highest BCUT2D eigenvalue weighted by molar-refractivity contribution is 5.43. The lowest BCUT2D eigenvalue weighted by atomic mass is 9.97. The fourth-order valence-corrected chi connectivity index (χ4v) is 1.31. The van der Waals surface area contributed by atoms with Crippen LogP contribution >= 0.6 is 0 Å². The summed E-state index contributed by atoms with van der Waals surface area (Å²) in [6.07, 6.45) is -4.53. The summed E-state index contributed by atoms with van der Waals surface area (Å²) in [6.45, 7) is 1.85. The van der Waals surface area contributed by atoms with Crippen LogP contribution in [0.15, 0.2) is 18.2 Å². The summed E-state index contributed by atoms with van der Waals surface area (Å²) in [5.74, 6) is -1.02. The Morgan fingerprint density at radius 1 is 1.40 bits per heavy atom. The summed E-state index contributed by atoms with van der Waals surface area (Å²) >= 11 is 0. The minimum atomic E-state index is -4.53. The average molecular weight is 219 g/mol. The van der Waals surface area contributed by atoms with Gasteiger partial charge in [0.1, 0.15) is 5.75 Å². The molecule has 15 heavy (non-hydrogen) atoms. The molecule has 0 radical (unpaired) electrons. The Kier molecular flexibility index (Phi) is 3.24. The van der Waals surface area contributed by atoms with Crippen LogP contribution in [0.5, 0.6) is 5.75 Å². The van der Waals surface area contributed by atoms with Crippen molar-refractivity contribution in [2.75, 3.05) is 6.54 Å². The Balaban J connectivity index is 3.23. The molecular weight excluding hydrogens is 207 g/mol. The van der Waals surface area contributed by atoms with E-state index in [1.54, 1.807) is 6.92 Å². The van der Waals surface area contributed by atoms with Crippen LogP contribution in [-0.2, 0) is 6.18 Å². The molecule has 0 aromatic heterocycles. The fourth-order valence-electron chi connectivity index (χ4n) is 1.31. The van der Waals surface area contributed by atoms with E-state index in [9.17, 15) is 18.3 Å². The van der Waals surface area contributed by atoms with Gasteiger partial charge in [-0.15, -0.1) is 0 Å². The number of nitrogens with two attached hydrogens (primary N) is 1. The van der Waals surface area contributed by atoms with E-state index in [0.717, 1.165) is 6.07 Å². The number of aromatic hydroxyl groups is 1. The van der Waals surface area contributed by atoms with Crippen molar-refractivity contribution in [2.24, 2.45) is 5.73 Å². The highest BCUT2D eigenvalue weighted by atomic mass is 19.4. The van der Waals surface area contributed by atoms with Gasteiger partial charge in [0.15, 0.2) is 0 Å². The van der Waals surface area contributed by atoms with Crippen molar-refractivity contribution in [3.8, 4) is 5.75 Å². The summed E-state index contributed by atoms with van der Waals surface area (Å²) in [7, 11) is 0. The smallest absolute Gasteiger partial charge is 0.419 e. The molecule has 3 N–H and O–H groups in total. The van der Waals surface area contributed by atoms with Crippen molar-refractivity contribution >= 4 is 0 Å². The molecule has 1 unspecified atom stereocenters. The molecule has 0 saturated heterocycles. The van der Waals surface area contributed by atoms with E-state index >= 15 is 0 Å². The molecule has 1 rings (SSSR count). The summed E-state index contributed by atoms with van der Waals surface area (Å²) < 4.78 is 37.2. The number of halogens is 3. The predicted molar refractivity (Wildman–Crippen MR) is 50.6 cm³/mol. The highest BCUT2D eigenvalue weighted by Gasteiger charge is 2.34. The van der Waals surface area contributed by atoms with Gasteiger partial charge in [-0.2, -0.15) is 13.2 Å². The number of benzene rings is 1. The van der Waals surface area contributed by atoms with Crippen molar-refractivity contribution < 1.29 is 18.3 Å². The van der Waals surface area contributed by atoms with Crippen LogP contribution in [0.1, 0.15) is 24.0 Å². The quantitative estimate of drug-likeness (QED) is 0.802. The van der Waals surface area contributed by atoms with Crippen molar-refractivity contribution in [3.63, 3.8) is 0 Å². The predicted octanol–water partition coefficient (Wildman–Crippen LogP) is 2.47. The minimum absolute atomic E-state index is 0.189. The lowest BCUT2D eigenvalue weighted by molar-refractivity contribution is -0.138. The standard InChI is InChI=1S/C10H12F3NO/c1-6(5-14)7-3-2-4-8(9(7)15)10(11,12)13/h2-4,6,15H,5,14H2,1H3. The molecule has 1 atom stereocenters. The SMILES string of the molecule is CC(CN)c1cccc(C(F)(F)F)c1O. The number of para-hydroxylation sites is 1. The zero-order chi connectivity index (χ0) is 11.6. The van der Waals surface area contributed by atoms with Crippen LogP contribution in [0, 0.1) is 0 Å². The first-order valence-electron chi connectivity index (χ1n) is 4.47. The summed E-state index contributed by atoms with van der Waals surface area (Å²) in [6, 6.07) is 3.56. The maximum atomic E-state index is 12.4. The highest BCUT2D eigenvalue weighted by Crippen LogP contribution is 2.39. The number of rotatable bonds is 2. The van der Waals surface area contributed by atoms with Gasteiger partial charge in [-0.3, -0.25) is 0 Å². The van der Waals surface area contributed by atoms with Crippen LogP contribution in [-0.4, -0.2) is 11.7 Å². The van der Waals surface area contributed by atoms with Crippen molar-refractivity contribution in [1.29, 1.82) is 0 Å². The number of phenolic OH excluding ortho intramolecular Hbond substituents is 1. The van der Waals surface area contributed by atoms with Crippen molar-refractivity contribution in [3.05, 3.63) is 29.3 Å². The Labute approximate surface area is 85.5 Å². The van der Waals surface area contributed by atoms with Crippen molar-refractivity contribution in [2.45, 2.75) is 19.0 Å². The van der Waals surface area contributed by atoms with Crippen LogP contribution in [0.25, 0.3) is 0 Å². The number of hydrogen-bond donors (Lipinski definition) is 2. The molecule has 1 aromatic carbocycles. The van der Waals surface area contributed by atoms with Crippen LogP contribution in [0.4, 0.5) is 13.2 Å². The van der Waals surface area contributed by atoms with Crippen LogP contribution in [0.3, 0.4) is 0 Å². The van der Waals surface area contributed by atoms with E-state index < -0.39 is 17.5 Å². The molecule has 1 aromatic rings. The summed E-state index contributed by atoms with van der Waals surface area (Å²) in [4.78, 5) is 0. The molecule has 2 nitrogen and oxygen atoms in total. The third-order valence-corrected chi connectivity index (χ3v) is 2.26. The molecule has 0 aliphatic heterocycles. The molecule has 0 amide bonds. The zero-order valence-corrected chi connectivity index (χ0v) is 8.17. The van der Waals surface area contributed by atoms with Gasteiger partial charge in [0.25, 0.3) is 0 Å². The molecule has 0 heterocycles. The number of hydrogen-bond acceptors (Lipinski definition) is 2. The van der Waals surface area contributed by atoms with Gasteiger partial charge in [-0.05, 0) is 24.1 Å². The second kappa shape index (κ2) is 4.10. The molecular formula is C10H12F3NO. The van der Waals surface area contributed by atoms with E-state index in [1.807, 2.05) is 0 Å². The Hall–Kier alpha value is -1.23. The second-order valence-electron chi connectivity index (χ2n) is 3.38. The monoisotopic (exact) mass is 219 g/mol. The molecule has 0 aliphatic rings. The van der Waals surface area contributed by atoms with Gasteiger partial charge >= 0.3 is 6.18 Å². The third kappa shape index (κ3) is 2.41. The van der Waals surface area contributed by atoms with Crippen LogP contribution in [0.2, 0.25) is 0 Å². The molecule has 0 saturated carbocycles. The van der Waals surface area contributed by atoms with Gasteiger partial charge < -0.3 is 10.8 Å². The Morgan fingerprint density at radius 3 is 2.47 bits per heavy atom. The lowest BCUT2D eigenvalue weighted by Crippen LogP contribution is -2.12. The normalized spacial score (nSPS) is 13.9. The van der Waals surface area contributed by atoms with Gasteiger partial charge in [0.05, 0.1) is 5.56 Å². The Bertz CT molecular complexity index is 349. The van der Waals surface area contributed by atoms with E-state index in [0.29, 0.717) is 0 Å². The first-order valence-corrected chi connectivity index (χ1v) is 4.47. The minimum Gasteiger partial charge on any atom is -0.507 e. The molecule has 0 aliphatic carbocycles. The van der Waals surface area contributed by atoms with Gasteiger partial charge in [-0.1, -0.05) is 19.1 Å². The van der Waals surface area contributed by atoms with E-state index in [-0.39, 0.29) is 18.0 Å². The maximum Gasteiger partial charge on any atom is 0.419 e. The Morgan fingerprint density at radius 2 is 2.00 bits per heavy atom. The van der Waals surface area contributed by atoms with E-state index in [1.165, 1.54) is 12.1 Å². The second-order valence-corrected chi connectivity index (χ2v) is 3.38. The fraction of sp³-hybridized carbons (Fsp3) is 0.400. The number of alkyl halides is 3. The molecule has 5 heteroatoms. The topological polar surface area (TPSA) is 46.2 Å². The largest absolute Gasteiger partial charge is 0.507 e. The molecule has 0 fully saturated rings.